The zero-order valence-corrected chi connectivity index (χ0v) is 17.8. The number of rotatable bonds is 8. The van der Waals surface area contributed by atoms with Crippen LogP contribution >= 0.6 is 11.8 Å². The number of ether oxygens (including phenoxy) is 2. The molecule has 154 valence electrons. The predicted octanol–water partition coefficient (Wildman–Crippen LogP) is 3.49. The number of benzene rings is 1. The standard InChI is InChI=1S/C21H27N5O2S/c1-3-17-22-18-19(23-17)24-21(25-20(18)26-10-12-28-13-11-26)29-14-4-5-15-6-8-16(27-2)9-7-15/h6-9H,3-5,10-14H2,1-2H3,(H,22,23,24,25). The van der Waals surface area contributed by atoms with Crippen molar-refractivity contribution in [2.24, 2.45) is 0 Å². The van der Waals surface area contributed by atoms with Crippen LogP contribution in [0.3, 0.4) is 0 Å². The largest absolute Gasteiger partial charge is 0.497 e. The zero-order chi connectivity index (χ0) is 20.1. The minimum atomic E-state index is 0.727. The highest BCUT2D eigenvalue weighted by atomic mass is 32.2. The van der Waals surface area contributed by atoms with E-state index in [1.165, 1.54) is 5.56 Å². The molecule has 0 radical (unpaired) electrons. The molecule has 1 N–H and O–H groups in total. The number of methoxy groups -OCH3 is 1. The molecule has 0 amide bonds. The molecule has 1 saturated heterocycles. The lowest BCUT2D eigenvalue weighted by atomic mass is 10.1. The molecule has 0 unspecified atom stereocenters. The molecule has 29 heavy (non-hydrogen) atoms. The minimum Gasteiger partial charge on any atom is -0.497 e. The third-order valence-electron chi connectivity index (χ3n) is 5.01. The number of fused-ring (bicyclic) bond motifs is 1. The van der Waals surface area contributed by atoms with Gasteiger partial charge < -0.3 is 19.4 Å². The van der Waals surface area contributed by atoms with Crippen LogP contribution in [0.4, 0.5) is 5.82 Å². The summed E-state index contributed by atoms with van der Waals surface area (Å²) in [7, 11) is 1.69. The summed E-state index contributed by atoms with van der Waals surface area (Å²) in [6.45, 7) is 5.23. The van der Waals surface area contributed by atoms with Crippen molar-refractivity contribution >= 4 is 28.7 Å². The molecule has 0 atom stereocenters. The third-order valence-corrected chi connectivity index (χ3v) is 5.94. The Morgan fingerprint density at radius 3 is 2.66 bits per heavy atom. The fourth-order valence-corrected chi connectivity index (χ4v) is 4.15. The molecule has 0 bridgehead atoms. The molecule has 7 nitrogen and oxygen atoms in total. The van der Waals surface area contributed by atoms with E-state index in [4.69, 9.17) is 19.4 Å². The molecular formula is C21H27N5O2S. The van der Waals surface area contributed by atoms with E-state index in [9.17, 15) is 0 Å². The van der Waals surface area contributed by atoms with Gasteiger partial charge in [0.2, 0.25) is 0 Å². The average Bonchev–Trinajstić information content (AvgIpc) is 3.20. The number of nitrogens with one attached hydrogen (secondary N) is 1. The molecule has 1 fully saturated rings. The first-order valence-corrected chi connectivity index (χ1v) is 11.1. The van der Waals surface area contributed by atoms with Crippen LogP contribution in [0.1, 0.15) is 24.7 Å². The number of hydrogen-bond acceptors (Lipinski definition) is 7. The van der Waals surface area contributed by atoms with Gasteiger partial charge in [-0.3, -0.25) is 0 Å². The summed E-state index contributed by atoms with van der Waals surface area (Å²) in [5.41, 5.74) is 3.01. The lowest BCUT2D eigenvalue weighted by Gasteiger charge is -2.28. The SMILES string of the molecule is CCc1nc2nc(SCCCc3ccc(OC)cc3)nc(N3CCOCC3)c2[nH]1. The van der Waals surface area contributed by atoms with Crippen LogP contribution in [0.5, 0.6) is 5.75 Å². The molecule has 3 aromatic rings. The van der Waals surface area contributed by atoms with E-state index in [0.717, 1.165) is 85.0 Å². The summed E-state index contributed by atoms with van der Waals surface area (Å²) < 4.78 is 10.7. The van der Waals surface area contributed by atoms with Crippen molar-refractivity contribution < 1.29 is 9.47 Å². The Kier molecular flexibility index (Phi) is 6.51. The number of nitrogens with zero attached hydrogens (tertiary/aromatic N) is 4. The van der Waals surface area contributed by atoms with Gasteiger partial charge >= 0.3 is 0 Å². The fourth-order valence-electron chi connectivity index (χ4n) is 3.38. The van der Waals surface area contributed by atoms with Crippen molar-refractivity contribution in [1.29, 1.82) is 0 Å². The summed E-state index contributed by atoms with van der Waals surface area (Å²) in [4.78, 5) is 19.9. The molecule has 1 aromatic carbocycles. The van der Waals surface area contributed by atoms with Gasteiger partial charge in [-0.05, 0) is 30.5 Å². The van der Waals surface area contributed by atoms with E-state index in [0.29, 0.717) is 0 Å². The van der Waals surface area contributed by atoms with E-state index in [-0.39, 0.29) is 0 Å². The Bertz CT molecular complexity index is 938. The average molecular weight is 414 g/mol. The Morgan fingerprint density at radius 2 is 1.93 bits per heavy atom. The number of imidazole rings is 1. The van der Waals surface area contributed by atoms with Gasteiger partial charge in [-0.25, -0.2) is 15.0 Å². The van der Waals surface area contributed by atoms with Crippen molar-refractivity contribution in [1.82, 2.24) is 19.9 Å². The van der Waals surface area contributed by atoms with Crippen molar-refractivity contribution in [3.8, 4) is 5.75 Å². The van der Waals surface area contributed by atoms with Crippen molar-refractivity contribution in [2.45, 2.75) is 31.3 Å². The maximum absolute atomic E-state index is 5.50. The molecular weight excluding hydrogens is 386 g/mol. The lowest BCUT2D eigenvalue weighted by molar-refractivity contribution is 0.122. The van der Waals surface area contributed by atoms with E-state index in [2.05, 4.69) is 33.9 Å². The fraction of sp³-hybridized carbons (Fsp3) is 0.476. The normalized spacial score (nSPS) is 14.5. The van der Waals surface area contributed by atoms with Crippen molar-refractivity contribution in [3.05, 3.63) is 35.7 Å². The summed E-state index contributed by atoms with van der Waals surface area (Å²) in [6, 6.07) is 8.27. The smallest absolute Gasteiger partial charge is 0.191 e. The van der Waals surface area contributed by atoms with E-state index < -0.39 is 0 Å². The molecule has 3 heterocycles. The number of aromatic nitrogens is 4. The van der Waals surface area contributed by atoms with E-state index >= 15 is 0 Å². The summed E-state index contributed by atoms with van der Waals surface area (Å²) in [5.74, 6) is 3.75. The number of aryl methyl sites for hydroxylation is 2. The minimum absolute atomic E-state index is 0.727. The van der Waals surface area contributed by atoms with Gasteiger partial charge in [-0.1, -0.05) is 30.8 Å². The van der Waals surface area contributed by atoms with Gasteiger partial charge in [0.05, 0.1) is 20.3 Å². The van der Waals surface area contributed by atoms with E-state index in [1.807, 2.05) is 12.1 Å². The van der Waals surface area contributed by atoms with Gasteiger partial charge in [0.1, 0.15) is 17.1 Å². The van der Waals surface area contributed by atoms with Crippen LogP contribution in [0.15, 0.2) is 29.4 Å². The summed E-state index contributed by atoms with van der Waals surface area (Å²) >= 11 is 1.70. The second-order valence-electron chi connectivity index (χ2n) is 6.96. The topological polar surface area (TPSA) is 76.2 Å². The molecule has 1 aliphatic rings. The number of thioether (sulfide) groups is 1. The zero-order valence-electron chi connectivity index (χ0n) is 17.0. The predicted molar refractivity (Wildman–Crippen MR) is 116 cm³/mol. The Morgan fingerprint density at radius 1 is 1.14 bits per heavy atom. The third kappa shape index (κ3) is 4.82. The van der Waals surface area contributed by atoms with Gasteiger partial charge in [-0.2, -0.15) is 0 Å². The molecule has 0 saturated carbocycles. The highest BCUT2D eigenvalue weighted by Crippen LogP contribution is 2.27. The summed E-state index contributed by atoms with van der Waals surface area (Å²) in [6.07, 6.45) is 2.94. The van der Waals surface area contributed by atoms with Crippen LogP contribution in [-0.2, 0) is 17.6 Å². The molecule has 0 aliphatic carbocycles. The first-order valence-electron chi connectivity index (χ1n) is 10.1. The number of H-pyrrole nitrogens is 1. The Balaban J connectivity index is 1.44. The number of anilines is 1. The lowest BCUT2D eigenvalue weighted by Crippen LogP contribution is -2.37. The van der Waals surface area contributed by atoms with Crippen molar-refractivity contribution in [2.75, 3.05) is 44.1 Å². The Hall–Kier alpha value is -2.32. The van der Waals surface area contributed by atoms with Crippen LogP contribution in [0.2, 0.25) is 0 Å². The molecule has 2 aromatic heterocycles. The second-order valence-corrected chi connectivity index (χ2v) is 8.03. The maximum atomic E-state index is 5.50. The van der Waals surface area contributed by atoms with E-state index in [1.54, 1.807) is 18.9 Å². The number of morpholine rings is 1. The van der Waals surface area contributed by atoms with Gasteiger partial charge in [0.15, 0.2) is 16.6 Å². The number of hydrogen-bond donors (Lipinski definition) is 1. The first kappa shape index (κ1) is 20.0. The quantitative estimate of drug-likeness (QED) is 0.344. The highest BCUT2D eigenvalue weighted by Gasteiger charge is 2.20. The first-order chi connectivity index (χ1) is 14.3. The van der Waals surface area contributed by atoms with Crippen molar-refractivity contribution in [3.63, 3.8) is 0 Å². The summed E-state index contributed by atoms with van der Waals surface area (Å²) in [5, 5.41) is 0.794. The van der Waals surface area contributed by atoms with Crippen LogP contribution in [0, 0.1) is 0 Å². The number of aromatic amines is 1. The highest BCUT2D eigenvalue weighted by molar-refractivity contribution is 7.99. The molecule has 4 rings (SSSR count). The Labute approximate surface area is 175 Å². The molecule has 8 heteroatoms. The van der Waals surface area contributed by atoms with Crippen LogP contribution in [0.25, 0.3) is 11.2 Å². The monoisotopic (exact) mass is 413 g/mol. The van der Waals surface area contributed by atoms with Crippen LogP contribution in [-0.4, -0.2) is 59.1 Å². The van der Waals surface area contributed by atoms with Gasteiger partial charge in [-0.15, -0.1) is 0 Å². The maximum Gasteiger partial charge on any atom is 0.191 e. The molecule has 0 spiro atoms. The van der Waals surface area contributed by atoms with Gasteiger partial charge in [0.25, 0.3) is 0 Å². The van der Waals surface area contributed by atoms with Gasteiger partial charge in [0, 0.05) is 25.3 Å². The molecule has 1 aliphatic heterocycles. The van der Waals surface area contributed by atoms with Crippen LogP contribution < -0.4 is 9.64 Å². The second kappa shape index (κ2) is 9.45.